The molecule has 12 rings (SSSR count). The van der Waals surface area contributed by atoms with Crippen molar-refractivity contribution in [2.75, 3.05) is 22.9 Å². The van der Waals surface area contributed by atoms with Crippen molar-refractivity contribution < 1.29 is 72.0 Å². The Labute approximate surface area is 696 Å². The molecular weight excluding hydrogens is 1560 g/mol. The van der Waals surface area contributed by atoms with Crippen molar-refractivity contribution in [3.05, 3.63) is 259 Å². The van der Waals surface area contributed by atoms with Crippen LogP contribution in [0.25, 0.3) is 0 Å². The molecule has 7 aliphatic heterocycles. The predicted molar refractivity (Wildman–Crippen MR) is 464 cm³/mol. The molecule has 4 bridgehead atoms. The van der Waals surface area contributed by atoms with Crippen LogP contribution >= 0.6 is 19.4 Å². The predicted octanol–water partition coefficient (Wildman–Crippen LogP) is 20.1. The normalized spacial score (nSPS) is 29.1. The zero-order valence-electron chi connectivity index (χ0n) is 68.3. The standard InChI is InChI=1S/C30H44O6.C30H42O6.C21H27N2.C7H6.C7H4.CH4.CH3.2ClH.Ru/c2*1-20-16-21(2)18-26(32)30-28(36-30)19-27(25(31)15-14-22-8-4-3-5-9-22)35-29(33)13-7-11-23-10-6-12-24(17-20)34-23;1-14-9-16(3)20(17(4)10-14)22-7-8-23(13-22)21-18(5)11-15(2)12-19(21)6;1-7-5-3-2-4-6-7;1-3-5-7-6-4-2;;;;;/h6-7,10,13-15,20,22-28,30-32H,2-5,8-9,11-12,16-19H2,1H3;3-4,6-7,10,13-15,20,22-28,30-32H,2,5,8-9,11-12,16-19H2,1H3;9-13H,7-8H2,1-6H3;1-6H;1-2H2;1H4;1H3;2*1H;/q;;-1;;;;-1;;;+2/p-2/b2*13-7-,15-14+;;;;;;;;/t20-,23-,24-,25-,26-,27-,28-,30-;20-,22?,23-,24-,25-,26-,27-,28-,30-;;;;;;;;/m00......../s1. The molecule has 624 valence electrons. The number of epoxide rings is 2. The molecular formula is C97H130Cl2N2O12Ru-2. The van der Waals surface area contributed by atoms with E-state index < -0.39 is 62.1 Å². The number of rotatable bonds is 9. The molecule has 7 heterocycles. The number of nitrogens with zero attached hydrogens (tertiary/aromatic N) is 2. The van der Waals surface area contributed by atoms with E-state index in [9.17, 15) is 30.0 Å². The van der Waals surface area contributed by atoms with Crippen LogP contribution in [0.1, 0.15) is 189 Å². The molecule has 3 aromatic rings. The molecule has 0 aromatic heterocycles. The number of aryl methyl sites for hydroxylation is 6. The summed E-state index contributed by atoms with van der Waals surface area (Å²) in [7, 11) is 11.3. The first-order chi connectivity index (χ1) is 53.8. The van der Waals surface area contributed by atoms with Gasteiger partial charge in [-0.1, -0.05) is 185 Å². The van der Waals surface area contributed by atoms with Crippen LogP contribution in [0.4, 0.5) is 11.4 Å². The van der Waals surface area contributed by atoms with E-state index in [0.29, 0.717) is 62.2 Å². The summed E-state index contributed by atoms with van der Waals surface area (Å²) in [6.07, 6.45) is 38.2. The van der Waals surface area contributed by atoms with Gasteiger partial charge in [0.25, 0.3) is 0 Å². The second kappa shape index (κ2) is 50.1. The fraction of sp³-hybridized carbons (Fsp3) is 0.505. The van der Waals surface area contributed by atoms with E-state index in [1.165, 1.54) is 76.2 Å². The molecule has 9 aliphatic rings. The quantitative estimate of drug-likeness (QED) is 0.0396. The Morgan fingerprint density at radius 2 is 1.01 bits per heavy atom. The van der Waals surface area contributed by atoms with Crippen LogP contribution in [0.2, 0.25) is 0 Å². The molecule has 3 aromatic carbocycles. The van der Waals surface area contributed by atoms with Crippen LogP contribution in [-0.4, -0.2) is 136 Å². The van der Waals surface area contributed by atoms with Gasteiger partial charge in [0.05, 0.1) is 48.8 Å². The van der Waals surface area contributed by atoms with Crippen molar-refractivity contribution in [2.24, 2.45) is 23.7 Å². The number of aliphatic hydroxyl groups excluding tert-OH is 4. The molecule has 0 amide bonds. The van der Waals surface area contributed by atoms with E-state index >= 15 is 0 Å². The molecule has 2 aliphatic carbocycles. The third kappa shape index (κ3) is 33.7. The van der Waals surface area contributed by atoms with Gasteiger partial charge in [-0.25, -0.2) is 9.59 Å². The van der Waals surface area contributed by atoms with Crippen LogP contribution in [0.5, 0.6) is 0 Å². The SMILES string of the molecule is C.C=C1C[C@H](C)C[C@@H]2CC=C[C@@H](C/C=C\C(=O)O[C@H]([C@@H](O)/C=C/C3CC=CCC3)C[C@@H]3O[C@H]3[C@@H](O)C1)O2.C=C1C[C@H](C)C[C@@H]2CC=C[C@@H](C/C=C\C(=O)O[C@H]([C@@H](O)/C=C/C3CCCCC3)C[C@@H]3O[C@H]3[C@@H](O)C1)O2.C=C=C=C=C=C=C.Cc1cc(C)c(N2[CH-]N(c3c(C)cc(C)cc3C)CC2)c(C)c1.[CH3-].[Cl][Ru]([Cl])=[CH]c1ccccc1. The van der Waals surface area contributed by atoms with Crippen molar-refractivity contribution in [3.8, 4) is 0 Å². The number of carbonyl (C=O) groups is 2. The van der Waals surface area contributed by atoms with Crippen molar-refractivity contribution in [2.45, 2.75) is 277 Å². The second-order valence-corrected chi connectivity index (χ2v) is 37.4. The zero-order valence-corrected chi connectivity index (χ0v) is 71.5. The zero-order chi connectivity index (χ0) is 80.6. The van der Waals surface area contributed by atoms with Gasteiger partial charge in [-0.15, -0.1) is 0 Å². The number of benzene rings is 3. The Kier molecular flexibility index (Phi) is 42.2. The number of carbonyl (C=O) groups excluding carboxylic acids is 2. The van der Waals surface area contributed by atoms with Gasteiger partial charge < -0.3 is 66.1 Å². The molecule has 1 unspecified atom stereocenters. The summed E-state index contributed by atoms with van der Waals surface area (Å²) in [4.78, 5) is 30.1. The average molecular weight is 1690 g/mol. The molecule has 0 radical (unpaired) electrons. The number of hydrogen-bond acceptors (Lipinski definition) is 14. The first kappa shape index (κ1) is 96.1. The van der Waals surface area contributed by atoms with Crippen LogP contribution < -0.4 is 9.80 Å². The molecule has 1 saturated carbocycles. The fourth-order valence-electron chi connectivity index (χ4n) is 16.3. The van der Waals surface area contributed by atoms with Crippen LogP contribution in [0.3, 0.4) is 0 Å². The number of anilines is 2. The third-order valence-corrected chi connectivity index (χ3v) is 23.3. The number of aliphatic hydroxyl groups is 4. The number of allylic oxidation sites excluding steroid dienone is 4. The third-order valence-electron chi connectivity index (χ3n) is 21.4. The van der Waals surface area contributed by atoms with E-state index in [4.69, 9.17) is 47.8 Å². The molecule has 3 saturated heterocycles. The Morgan fingerprint density at radius 3 is 1.43 bits per heavy atom. The number of esters is 2. The summed E-state index contributed by atoms with van der Waals surface area (Å²) in [6.45, 7) is 36.9. The maximum atomic E-state index is 12.6. The fourth-order valence-corrected chi connectivity index (χ4v) is 18.1. The van der Waals surface area contributed by atoms with Crippen LogP contribution in [-0.2, 0) is 51.5 Å². The number of cyclic esters (lactones) is 2. The minimum atomic E-state index is -1.61. The van der Waals surface area contributed by atoms with Gasteiger partial charge in [-0.2, -0.15) is 6.67 Å². The monoisotopic (exact) mass is 1690 g/mol. The second-order valence-electron chi connectivity index (χ2n) is 31.7. The first-order valence-corrected chi connectivity index (χ1v) is 45.8. The summed E-state index contributed by atoms with van der Waals surface area (Å²) in [5, 5.41) is 43.3. The summed E-state index contributed by atoms with van der Waals surface area (Å²) in [5.74, 6) is 0.668. The average Bonchev–Trinajstić information content (AvgIpc) is 1.62. The van der Waals surface area contributed by atoms with E-state index in [-0.39, 0.29) is 63.7 Å². The summed E-state index contributed by atoms with van der Waals surface area (Å²) in [5.41, 5.74) is 26.0. The number of halogens is 2. The Hall–Kier alpha value is -6.75. The van der Waals surface area contributed by atoms with Crippen molar-refractivity contribution >= 4 is 47.3 Å². The van der Waals surface area contributed by atoms with Crippen molar-refractivity contribution in [1.82, 2.24) is 0 Å². The van der Waals surface area contributed by atoms with Crippen LogP contribution in [0, 0.1) is 79.3 Å². The maximum absolute atomic E-state index is 12.6. The van der Waals surface area contributed by atoms with Crippen LogP contribution in [0.15, 0.2) is 206 Å². The van der Waals surface area contributed by atoms with E-state index in [1.54, 1.807) is 24.3 Å². The number of hydrogen-bond donors (Lipinski definition) is 4. The van der Waals surface area contributed by atoms with Gasteiger partial charge >= 0.3 is 85.3 Å². The molecule has 17 heteroatoms. The molecule has 0 spiro atoms. The molecule has 114 heavy (non-hydrogen) atoms. The summed E-state index contributed by atoms with van der Waals surface area (Å²) < 4.78 is 37.3. The van der Waals surface area contributed by atoms with E-state index in [2.05, 4.69) is 188 Å². The van der Waals surface area contributed by atoms with Gasteiger partial charge in [-0.3, -0.25) is 0 Å². The number of ether oxygens (including phenoxy) is 6. The van der Waals surface area contributed by atoms with Gasteiger partial charge in [0.15, 0.2) is 0 Å². The Balaban J connectivity index is 0.000000243. The minimum absolute atomic E-state index is 0. The molecule has 4 fully saturated rings. The van der Waals surface area contributed by atoms with Gasteiger partial charge in [0.2, 0.25) is 0 Å². The summed E-state index contributed by atoms with van der Waals surface area (Å²) >= 11 is -1.61. The topological polar surface area (TPSA) is 184 Å². The molecule has 17 atom stereocenters. The van der Waals surface area contributed by atoms with E-state index in [1.807, 2.05) is 47.1 Å². The van der Waals surface area contributed by atoms with Crippen molar-refractivity contribution in [3.63, 3.8) is 0 Å². The van der Waals surface area contributed by atoms with E-state index in [0.717, 1.165) is 100 Å². The molecule has 4 N–H and O–H groups in total. The molecule has 14 nitrogen and oxygen atoms in total. The first-order valence-electron chi connectivity index (χ1n) is 40.3. The van der Waals surface area contributed by atoms with Gasteiger partial charge in [0.1, 0.15) is 36.6 Å². The Bertz CT molecular complexity index is 3890. The Morgan fingerprint density at radius 1 is 0.561 bits per heavy atom. The van der Waals surface area contributed by atoms with Gasteiger partial charge in [-0.05, 0) is 214 Å². The number of fused-ring (bicyclic) bond motifs is 6. The van der Waals surface area contributed by atoms with Crippen molar-refractivity contribution in [1.29, 1.82) is 0 Å². The van der Waals surface area contributed by atoms with Gasteiger partial charge in [0, 0.05) is 49.5 Å². The summed E-state index contributed by atoms with van der Waals surface area (Å²) in [6, 6.07) is 19.0.